The minimum absolute atomic E-state index is 0.290. The van der Waals surface area contributed by atoms with Crippen molar-refractivity contribution in [3.8, 4) is 0 Å². The van der Waals surface area contributed by atoms with Crippen molar-refractivity contribution in [1.29, 1.82) is 0 Å². The zero-order valence-electron chi connectivity index (χ0n) is 8.52. The van der Waals surface area contributed by atoms with Crippen molar-refractivity contribution in [1.82, 2.24) is 0 Å². The molecule has 0 aromatic heterocycles. The van der Waals surface area contributed by atoms with E-state index in [0.29, 0.717) is 17.9 Å². The van der Waals surface area contributed by atoms with Gasteiger partial charge in [-0.2, -0.15) is 0 Å². The molecule has 0 heterocycles. The van der Waals surface area contributed by atoms with Crippen molar-refractivity contribution in [2.75, 3.05) is 13.3 Å². The number of hydrogen-bond donors (Lipinski definition) is 0. The smallest absolute Gasteiger partial charge is 0.189 e. The molecule has 0 amide bonds. The van der Waals surface area contributed by atoms with Crippen LogP contribution in [-0.2, 0) is 15.3 Å². The van der Waals surface area contributed by atoms with Crippen molar-refractivity contribution in [3.63, 3.8) is 0 Å². The lowest BCUT2D eigenvalue weighted by Gasteiger charge is -2.02. The van der Waals surface area contributed by atoms with Gasteiger partial charge in [0.15, 0.2) is 11.1 Å². The molecule has 0 bridgehead atoms. The van der Waals surface area contributed by atoms with Crippen LogP contribution in [0.15, 0.2) is 35.2 Å². The van der Waals surface area contributed by atoms with E-state index in [4.69, 9.17) is 4.18 Å². The molecular weight excluding hydrogens is 215 g/mol. The van der Waals surface area contributed by atoms with Crippen LogP contribution >= 0.6 is 0 Å². The van der Waals surface area contributed by atoms with Crippen LogP contribution in [-0.4, -0.2) is 17.5 Å². The van der Waals surface area contributed by atoms with Crippen molar-refractivity contribution >= 4 is 11.1 Å². The number of unbranched alkanes of at least 4 members (excludes halogenated alkanes) is 2. The van der Waals surface area contributed by atoms with E-state index in [0.717, 1.165) is 12.8 Å². The average molecular weight is 230 g/mol. The summed E-state index contributed by atoms with van der Waals surface area (Å²) in [5.74, 6) is 0. The third kappa shape index (κ3) is 5.04. The highest BCUT2D eigenvalue weighted by atomic mass is 32.2. The molecule has 0 saturated carbocycles. The largest absolute Gasteiger partial charge is 0.287 e. The minimum Gasteiger partial charge on any atom is -0.287 e. The fraction of sp³-hybridized carbons (Fsp3) is 0.455. The monoisotopic (exact) mass is 230 g/mol. The minimum atomic E-state index is -1.38. The van der Waals surface area contributed by atoms with E-state index in [1.807, 2.05) is 18.2 Å². The highest BCUT2D eigenvalue weighted by molar-refractivity contribution is 7.80. The summed E-state index contributed by atoms with van der Waals surface area (Å²) in [6.45, 7) is 0.128. The summed E-state index contributed by atoms with van der Waals surface area (Å²) < 4.78 is 28.4. The summed E-state index contributed by atoms with van der Waals surface area (Å²) in [6.07, 6.45) is 2.09. The van der Waals surface area contributed by atoms with Crippen LogP contribution in [0.2, 0.25) is 0 Å². The molecule has 1 unspecified atom stereocenters. The molecule has 84 valence electrons. The molecule has 0 aliphatic heterocycles. The molecule has 1 aromatic carbocycles. The first-order chi connectivity index (χ1) is 7.34. The van der Waals surface area contributed by atoms with Crippen LogP contribution < -0.4 is 0 Å². The topological polar surface area (TPSA) is 26.3 Å². The number of alkyl halides is 1. The van der Waals surface area contributed by atoms with Crippen LogP contribution in [0.1, 0.15) is 19.3 Å². The van der Waals surface area contributed by atoms with Crippen molar-refractivity contribution < 1.29 is 12.8 Å². The molecule has 1 aromatic rings. The van der Waals surface area contributed by atoms with Gasteiger partial charge in [0, 0.05) is 0 Å². The molecule has 0 fully saturated rings. The molecule has 2 nitrogen and oxygen atoms in total. The normalized spacial score (nSPS) is 12.6. The quantitative estimate of drug-likeness (QED) is 0.673. The molecule has 15 heavy (non-hydrogen) atoms. The Kier molecular flexibility index (Phi) is 6.20. The first kappa shape index (κ1) is 12.3. The van der Waals surface area contributed by atoms with Gasteiger partial charge in [0.05, 0.1) is 18.2 Å². The first-order valence-corrected chi connectivity index (χ1v) is 6.08. The lowest BCUT2D eigenvalue weighted by atomic mass is 10.3. The fourth-order valence-electron chi connectivity index (χ4n) is 1.11. The van der Waals surface area contributed by atoms with Gasteiger partial charge in [0.1, 0.15) is 0 Å². The predicted molar refractivity (Wildman–Crippen MR) is 58.6 cm³/mol. The SMILES string of the molecule is O=S(OCCCCCF)c1ccccc1. The van der Waals surface area contributed by atoms with Gasteiger partial charge in [0.2, 0.25) is 0 Å². The van der Waals surface area contributed by atoms with Crippen molar-refractivity contribution in [2.45, 2.75) is 24.2 Å². The Morgan fingerprint density at radius 3 is 2.53 bits per heavy atom. The lowest BCUT2D eigenvalue weighted by Crippen LogP contribution is -1.99. The molecule has 1 rings (SSSR count). The molecule has 1 atom stereocenters. The van der Waals surface area contributed by atoms with Crippen molar-refractivity contribution in [3.05, 3.63) is 30.3 Å². The summed E-state index contributed by atoms with van der Waals surface area (Å²) >= 11 is -1.38. The molecule has 0 N–H and O–H groups in total. The maximum absolute atomic E-state index is 11.7. The summed E-state index contributed by atoms with van der Waals surface area (Å²) in [4.78, 5) is 0.669. The molecule has 0 radical (unpaired) electrons. The van der Waals surface area contributed by atoms with Crippen molar-refractivity contribution in [2.24, 2.45) is 0 Å². The van der Waals surface area contributed by atoms with Gasteiger partial charge in [-0.05, 0) is 31.4 Å². The second-order valence-corrected chi connectivity index (χ2v) is 4.30. The maximum atomic E-state index is 11.7. The standard InChI is InChI=1S/C11H15FO2S/c12-9-5-2-6-10-14-15(13)11-7-3-1-4-8-11/h1,3-4,7-8H,2,5-6,9-10H2. The Bertz CT molecular complexity index is 290. The number of benzene rings is 1. The van der Waals surface area contributed by atoms with E-state index in [1.165, 1.54) is 0 Å². The van der Waals surface area contributed by atoms with Crippen LogP contribution in [0.25, 0.3) is 0 Å². The Morgan fingerprint density at radius 2 is 1.87 bits per heavy atom. The summed E-state index contributed by atoms with van der Waals surface area (Å²) in [6, 6.07) is 9.02. The zero-order valence-corrected chi connectivity index (χ0v) is 9.34. The summed E-state index contributed by atoms with van der Waals surface area (Å²) in [5, 5.41) is 0. The zero-order chi connectivity index (χ0) is 10.9. The second kappa shape index (κ2) is 7.54. The summed E-state index contributed by atoms with van der Waals surface area (Å²) in [5.41, 5.74) is 0. The summed E-state index contributed by atoms with van der Waals surface area (Å²) in [7, 11) is 0. The van der Waals surface area contributed by atoms with Crippen LogP contribution in [0, 0.1) is 0 Å². The van der Waals surface area contributed by atoms with Gasteiger partial charge in [-0.1, -0.05) is 18.2 Å². The average Bonchev–Trinajstić information content (AvgIpc) is 2.30. The van der Waals surface area contributed by atoms with Gasteiger partial charge in [-0.15, -0.1) is 0 Å². The molecule has 0 saturated heterocycles. The molecule has 0 aliphatic carbocycles. The Hall–Kier alpha value is -0.740. The van der Waals surface area contributed by atoms with Gasteiger partial charge in [0.25, 0.3) is 0 Å². The lowest BCUT2D eigenvalue weighted by molar-refractivity contribution is 0.327. The maximum Gasteiger partial charge on any atom is 0.189 e. The van der Waals surface area contributed by atoms with Gasteiger partial charge in [-0.3, -0.25) is 8.57 Å². The highest BCUT2D eigenvalue weighted by Gasteiger charge is 2.02. The predicted octanol–water partition coefficient (Wildman–Crippen LogP) is 2.87. The molecule has 4 heteroatoms. The third-order valence-corrected chi connectivity index (χ3v) is 2.94. The van der Waals surface area contributed by atoms with Gasteiger partial charge < -0.3 is 0 Å². The van der Waals surface area contributed by atoms with Crippen LogP contribution in [0.3, 0.4) is 0 Å². The number of hydrogen-bond acceptors (Lipinski definition) is 2. The van der Waals surface area contributed by atoms with Crippen LogP contribution in [0.5, 0.6) is 0 Å². The first-order valence-electron chi connectivity index (χ1n) is 5.00. The van der Waals surface area contributed by atoms with Gasteiger partial charge in [-0.25, -0.2) is 4.21 Å². The van der Waals surface area contributed by atoms with E-state index in [-0.39, 0.29) is 6.67 Å². The number of rotatable bonds is 7. The van der Waals surface area contributed by atoms with E-state index in [9.17, 15) is 8.60 Å². The molecule has 0 aliphatic rings. The Morgan fingerprint density at radius 1 is 1.13 bits per heavy atom. The van der Waals surface area contributed by atoms with Crippen LogP contribution in [0.4, 0.5) is 4.39 Å². The van der Waals surface area contributed by atoms with E-state index < -0.39 is 11.1 Å². The van der Waals surface area contributed by atoms with E-state index in [2.05, 4.69) is 0 Å². The Balaban J connectivity index is 2.20. The second-order valence-electron chi connectivity index (χ2n) is 3.12. The third-order valence-electron chi connectivity index (χ3n) is 1.90. The molecule has 0 spiro atoms. The molecular formula is C11H15FO2S. The Labute approximate surface area is 92.1 Å². The highest BCUT2D eigenvalue weighted by Crippen LogP contribution is 2.07. The number of halogens is 1. The van der Waals surface area contributed by atoms with E-state index >= 15 is 0 Å². The van der Waals surface area contributed by atoms with Gasteiger partial charge >= 0.3 is 0 Å². The fourth-order valence-corrected chi connectivity index (χ4v) is 1.89. The van der Waals surface area contributed by atoms with E-state index in [1.54, 1.807) is 12.1 Å².